The number of halogens is 3. The van der Waals surface area contributed by atoms with Gasteiger partial charge in [-0.15, -0.1) is 10.2 Å². The SMILES string of the molecule is Cn1cnnc1C1(c2cccc(N3Cc4c(cc(CN(C(=O)O)C5(C)CCC5)cc4C(F)(F)F)C3=O)c2)CN(Cc2ccccc2)C1. The predicted molar refractivity (Wildman–Crippen MR) is 168 cm³/mol. The molecule has 3 aromatic carbocycles. The quantitative estimate of drug-likeness (QED) is 0.245. The van der Waals surface area contributed by atoms with Crippen molar-refractivity contribution in [1.82, 2.24) is 24.6 Å². The third kappa shape index (κ3) is 5.34. The van der Waals surface area contributed by atoms with Crippen LogP contribution in [-0.2, 0) is 38.3 Å². The second-order valence-electron chi connectivity index (χ2n) is 13.3. The molecule has 0 atom stereocenters. The van der Waals surface area contributed by atoms with E-state index in [4.69, 9.17) is 0 Å². The average Bonchev–Trinajstić information content (AvgIpc) is 3.58. The van der Waals surface area contributed by atoms with Crippen LogP contribution >= 0.6 is 0 Å². The van der Waals surface area contributed by atoms with E-state index in [9.17, 15) is 27.9 Å². The minimum absolute atomic E-state index is 0.0509. The highest BCUT2D eigenvalue weighted by Gasteiger charge is 2.49. The Balaban J connectivity index is 1.21. The standard InChI is InChI=1S/C35H35F3N6O3/c1-33(12-7-13-33)44(32(46)47)18-24-14-27-28(29(15-24)35(36,37)38)19-43(30(27)45)26-11-6-10-25(16-26)34(31-40-39-22-41(31)2)20-42(21-34)17-23-8-4-3-5-9-23/h3-6,8-11,14-16,22H,7,12-13,17-21H2,1-2H3,(H,46,47). The lowest BCUT2D eigenvalue weighted by Crippen LogP contribution is -2.60. The Morgan fingerprint density at radius 2 is 1.77 bits per heavy atom. The number of carbonyl (C=O) groups is 2. The van der Waals surface area contributed by atoms with Crippen molar-refractivity contribution in [2.75, 3.05) is 18.0 Å². The lowest BCUT2D eigenvalue weighted by atomic mass is 9.72. The lowest BCUT2D eigenvalue weighted by molar-refractivity contribution is -0.138. The molecule has 1 aliphatic carbocycles. The number of rotatable bonds is 8. The molecular formula is C35H35F3N6O3. The summed E-state index contributed by atoms with van der Waals surface area (Å²) >= 11 is 0. The summed E-state index contributed by atoms with van der Waals surface area (Å²) in [6.45, 7) is 3.37. The molecule has 12 heteroatoms. The average molecular weight is 645 g/mol. The van der Waals surface area contributed by atoms with Crippen LogP contribution in [0.3, 0.4) is 0 Å². The van der Waals surface area contributed by atoms with Crippen molar-refractivity contribution < 1.29 is 27.9 Å². The molecule has 1 N–H and O–H groups in total. The van der Waals surface area contributed by atoms with E-state index in [-0.39, 0.29) is 29.8 Å². The number of hydrogen-bond acceptors (Lipinski definition) is 5. The Morgan fingerprint density at radius 1 is 1.02 bits per heavy atom. The van der Waals surface area contributed by atoms with Crippen molar-refractivity contribution in [3.8, 4) is 0 Å². The number of aromatic nitrogens is 3. The fourth-order valence-electron chi connectivity index (χ4n) is 7.46. The zero-order chi connectivity index (χ0) is 33.1. The smallest absolute Gasteiger partial charge is 0.416 e. The zero-order valence-electron chi connectivity index (χ0n) is 26.2. The molecule has 0 unspecified atom stereocenters. The maximum atomic E-state index is 14.5. The molecule has 7 rings (SSSR count). The number of aryl methyl sites for hydroxylation is 1. The number of fused-ring (bicyclic) bond motifs is 1. The first-order valence-corrected chi connectivity index (χ1v) is 15.6. The Labute approximate surface area is 270 Å². The summed E-state index contributed by atoms with van der Waals surface area (Å²) in [6, 6.07) is 20.0. The second-order valence-corrected chi connectivity index (χ2v) is 13.3. The van der Waals surface area contributed by atoms with Crippen molar-refractivity contribution in [3.05, 3.63) is 112 Å². The number of alkyl halides is 3. The molecule has 0 spiro atoms. The molecule has 4 aromatic rings. The maximum Gasteiger partial charge on any atom is 0.416 e. The van der Waals surface area contributed by atoms with Gasteiger partial charge in [0.25, 0.3) is 5.91 Å². The van der Waals surface area contributed by atoms with Gasteiger partial charge in [-0.25, -0.2) is 4.79 Å². The summed E-state index contributed by atoms with van der Waals surface area (Å²) in [4.78, 5) is 30.9. The van der Waals surface area contributed by atoms with Crippen LogP contribution in [0, 0.1) is 0 Å². The van der Waals surface area contributed by atoms with Crippen LogP contribution in [0.2, 0.25) is 0 Å². The number of benzene rings is 3. The van der Waals surface area contributed by atoms with Crippen molar-refractivity contribution in [2.45, 2.75) is 63.0 Å². The van der Waals surface area contributed by atoms with E-state index in [1.54, 1.807) is 19.3 Å². The minimum atomic E-state index is -4.73. The molecule has 2 amide bonds. The van der Waals surface area contributed by atoms with Gasteiger partial charge in [-0.3, -0.25) is 14.6 Å². The van der Waals surface area contributed by atoms with Crippen LogP contribution in [0.25, 0.3) is 0 Å². The van der Waals surface area contributed by atoms with Gasteiger partial charge in [0.2, 0.25) is 0 Å². The number of amides is 2. The largest absolute Gasteiger partial charge is 0.465 e. The van der Waals surface area contributed by atoms with Crippen LogP contribution in [0.4, 0.5) is 23.7 Å². The molecule has 1 saturated carbocycles. The highest BCUT2D eigenvalue weighted by molar-refractivity contribution is 6.10. The molecule has 0 bridgehead atoms. The third-order valence-electron chi connectivity index (χ3n) is 10.1. The summed E-state index contributed by atoms with van der Waals surface area (Å²) in [5.74, 6) is 0.218. The number of hydrogen-bond donors (Lipinski definition) is 1. The third-order valence-corrected chi connectivity index (χ3v) is 10.1. The molecule has 244 valence electrons. The molecule has 1 saturated heterocycles. The summed E-state index contributed by atoms with van der Waals surface area (Å²) in [6.07, 6.45) is -2.14. The van der Waals surface area contributed by atoms with E-state index in [0.29, 0.717) is 31.6 Å². The highest BCUT2D eigenvalue weighted by atomic mass is 19.4. The molecule has 9 nitrogen and oxygen atoms in total. The first kappa shape index (κ1) is 30.9. The van der Waals surface area contributed by atoms with Crippen molar-refractivity contribution in [2.24, 2.45) is 7.05 Å². The molecular weight excluding hydrogens is 609 g/mol. The molecule has 2 fully saturated rings. The van der Waals surface area contributed by atoms with Crippen molar-refractivity contribution in [3.63, 3.8) is 0 Å². The van der Waals surface area contributed by atoms with E-state index in [1.165, 1.54) is 21.4 Å². The van der Waals surface area contributed by atoms with Crippen LogP contribution in [0.15, 0.2) is 73.1 Å². The summed E-state index contributed by atoms with van der Waals surface area (Å²) in [7, 11) is 1.88. The topological polar surface area (TPSA) is 94.8 Å². The number of nitrogens with zero attached hydrogens (tertiary/aromatic N) is 6. The van der Waals surface area contributed by atoms with Gasteiger partial charge in [0.05, 0.1) is 17.5 Å². The highest BCUT2D eigenvalue weighted by Crippen LogP contribution is 2.44. The maximum absolute atomic E-state index is 14.5. The van der Waals surface area contributed by atoms with Crippen LogP contribution in [0.1, 0.15) is 70.2 Å². The van der Waals surface area contributed by atoms with E-state index >= 15 is 0 Å². The number of anilines is 1. The van der Waals surface area contributed by atoms with E-state index in [2.05, 4.69) is 27.2 Å². The lowest BCUT2D eigenvalue weighted by Gasteiger charge is -2.50. The van der Waals surface area contributed by atoms with Gasteiger partial charge in [0, 0.05) is 50.0 Å². The monoisotopic (exact) mass is 644 g/mol. The van der Waals surface area contributed by atoms with E-state index in [0.717, 1.165) is 30.4 Å². The molecule has 2 aliphatic heterocycles. The molecule has 47 heavy (non-hydrogen) atoms. The minimum Gasteiger partial charge on any atom is -0.465 e. The summed E-state index contributed by atoms with van der Waals surface area (Å²) < 4.78 is 45.3. The van der Waals surface area contributed by atoms with Crippen LogP contribution in [0.5, 0.6) is 0 Å². The van der Waals surface area contributed by atoms with Crippen molar-refractivity contribution >= 4 is 17.7 Å². The second kappa shape index (κ2) is 11.2. The van der Waals surface area contributed by atoms with E-state index < -0.39 is 34.7 Å². The van der Waals surface area contributed by atoms with Gasteiger partial charge in [0.1, 0.15) is 12.2 Å². The fourth-order valence-corrected chi connectivity index (χ4v) is 7.46. The Bertz CT molecular complexity index is 1850. The van der Waals surface area contributed by atoms with Crippen LogP contribution in [-0.4, -0.2) is 60.3 Å². The normalized spacial score (nSPS) is 18.4. The summed E-state index contributed by atoms with van der Waals surface area (Å²) in [5, 5.41) is 18.5. The Kier molecular flexibility index (Phi) is 7.38. The van der Waals surface area contributed by atoms with Crippen molar-refractivity contribution in [1.29, 1.82) is 0 Å². The predicted octanol–water partition coefficient (Wildman–Crippen LogP) is 6.22. The molecule has 1 aromatic heterocycles. The van der Waals surface area contributed by atoms with Gasteiger partial charge < -0.3 is 14.6 Å². The first-order valence-electron chi connectivity index (χ1n) is 15.6. The Morgan fingerprint density at radius 3 is 2.38 bits per heavy atom. The summed E-state index contributed by atoms with van der Waals surface area (Å²) in [5.41, 5.74) is 0.458. The Hall–Kier alpha value is -4.71. The van der Waals surface area contributed by atoms with Gasteiger partial charge in [0.15, 0.2) is 0 Å². The fraction of sp³-hybridized carbons (Fsp3) is 0.371. The van der Waals surface area contributed by atoms with Crippen LogP contribution < -0.4 is 4.90 Å². The number of carbonyl (C=O) groups excluding carboxylic acids is 1. The first-order chi connectivity index (χ1) is 22.4. The van der Waals surface area contributed by atoms with Gasteiger partial charge >= 0.3 is 12.3 Å². The molecule has 3 heterocycles. The molecule has 0 radical (unpaired) electrons. The van der Waals surface area contributed by atoms with Gasteiger partial charge in [-0.05, 0) is 72.7 Å². The molecule has 3 aliphatic rings. The number of likely N-dealkylation sites (tertiary alicyclic amines) is 1. The zero-order valence-corrected chi connectivity index (χ0v) is 26.2. The van der Waals surface area contributed by atoms with Gasteiger partial charge in [-0.1, -0.05) is 42.5 Å². The van der Waals surface area contributed by atoms with Gasteiger partial charge in [-0.2, -0.15) is 13.2 Å². The van der Waals surface area contributed by atoms with E-state index in [1.807, 2.05) is 48.0 Å². The number of carboxylic acid groups (broad SMARTS) is 1.